The van der Waals surface area contributed by atoms with Crippen molar-refractivity contribution in [2.45, 2.75) is 43.9 Å². The number of nitrogens with one attached hydrogen (secondary N) is 1. The number of carbonyl (C=O) groups excluding carboxylic acids is 1. The maximum atomic E-state index is 12.5. The Kier molecular flexibility index (Phi) is 4.92. The lowest BCUT2D eigenvalue weighted by Crippen LogP contribution is -2.45. The van der Waals surface area contributed by atoms with E-state index >= 15 is 0 Å². The second-order valence-electron chi connectivity index (χ2n) is 6.94. The van der Waals surface area contributed by atoms with Gasteiger partial charge in [-0.2, -0.15) is 5.10 Å². The van der Waals surface area contributed by atoms with Gasteiger partial charge in [-0.25, -0.2) is 9.67 Å². The average Bonchev–Trinajstić information content (AvgIpc) is 3.34. The van der Waals surface area contributed by atoms with Crippen LogP contribution in [0.1, 0.15) is 18.8 Å². The van der Waals surface area contributed by atoms with Gasteiger partial charge in [0.1, 0.15) is 30.7 Å². The molecular weight excluding hydrogens is 350 g/mol. The number of hydrogen-bond acceptors (Lipinski definition) is 7. The minimum atomic E-state index is -0.648. The molecule has 9 heteroatoms. The summed E-state index contributed by atoms with van der Waals surface area (Å²) in [5.41, 5.74) is 6.87. The Morgan fingerprint density at radius 1 is 1.33 bits per heavy atom. The number of aromatic nitrogens is 3. The van der Waals surface area contributed by atoms with Crippen LogP contribution in [-0.2, 0) is 20.8 Å². The monoisotopic (exact) mass is 373 g/mol. The van der Waals surface area contributed by atoms with E-state index in [1.165, 1.54) is 4.68 Å². The molecule has 4 rings (SSSR count). The maximum Gasteiger partial charge on any atom is 0.242 e. The van der Waals surface area contributed by atoms with Crippen molar-refractivity contribution in [1.29, 1.82) is 0 Å². The van der Waals surface area contributed by atoms with E-state index in [2.05, 4.69) is 15.4 Å². The normalized spacial score (nSPS) is 28.1. The topological polar surface area (TPSA) is 125 Å². The highest BCUT2D eigenvalue weighted by atomic mass is 16.6. The highest BCUT2D eigenvalue weighted by Crippen LogP contribution is 2.27. The summed E-state index contributed by atoms with van der Waals surface area (Å²) in [5.74, 6) is 0.833. The van der Waals surface area contributed by atoms with Gasteiger partial charge in [-0.3, -0.25) is 4.79 Å². The van der Waals surface area contributed by atoms with Gasteiger partial charge in [0.15, 0.2) is 5.82 Å². The van der Waals surface area contributed by atoms with Gasteiger partial charge in [-0.15, -0.1) is 0 Å². The average molecular weight is 373 g/mol. The van der Waals surface area contributed by atoms with Crippen molar-refractivity contribution in [3.8, 4) is 11.4 Å². The molecular formula is C18H23N5O4. The first kappa shape index (κ1) is 18.1. The van der Waals surface area contributed by atoms with E-state index in [9.17, 15) is 9.90 Å². The molecule has 2 aliphatic rings. The molecule has 0 saturated carbocycles. The minimum Gasteiger partial charge on any atom is -0.388 e. The SMILES string of the molecule is C[C@H](N)c1nc(-c2ccccc2)nn1CC(=O)N[C@@H]1CO[C@H]2[C@@H]1OC[C@H]2O. The van der Waals surface area contributed by atoms with Crippen molar-refractivity contribution in [1.82, 2.24) is 20.1 Å². The fraction of sp³-hybridized carbons (Fsp3) is 0.500. The molecule has 2 aliphatic heterocycles. The summed E-state index contributed by atoms with van der Waals surface area (Å²) < 4.78 is 12.6. The second kappa shape index (κ2) is 7.35. The first-order chi connectivity index (χ1) is 13.0. The van der Waals surface area contributed by atoms with Gasteiger partial charge in [-0.1, -0.05) is 30.3 Å². The van der Waals surface area contributed by atoms with Crippen LogP contribution in [0.5, 0.6) is 0 Å². The molecule has 5 atom stereocenters. The predicted octanol–water partition coefficient (Wildman–Crippen LogP) is -0.392. The Hall–Kier alpha value is -2.33. The molecule has 1 aromatic heterocycles. The van der Waals surface area contributed by atoms with Crippen molar-refractivity contribution in [2.75, 3.05) is 13.2 Å². The van der Waals surface area contributed by atoms with E-state index in [1.54, 1.807) is 6.92 Å². The van der Waals surface area contributed by atoms with Crippen LogP contribution in [0.3, 0.4) is 0 Å². The van der Waals surface area contributed by atoms with Crippen LogP contribution in [0.25, 0.3) is 11.4 Å². The number of fused-ring (bicyclic) bond motifs is 1. The highest BCUT2D eigenvalue weighted by Gasteiger charge is 2.47. The quantitative estimate of drug-likeness (QED) is 0.652. The van der Waals surface area contributed by atoms with Gasteiger partial charge in [0.25, 0.3) is 0 Å². The largest absolute Gasteiger partial charge is 0.388 e. The number of aliphatic hydroxyl groups is 1. The van der Waals surface area contributed by atoms with Crippen LogP contribution in [0.4, 0.5) is 0 Å². The number of carbonyl (C=O) groups is 1. The van der Waals surface area contributed by atoms with Crippen molar-refractivity contribution < 1.29 is 19.4 Å². The second-order valence-corrected chi connectivity index (χ2v) is 6.94. The predicted molar refractivity (Wildman–Crippen MR) is 95.5 cm³/mol. The van der Waals surface area contributed by atoms with E-state index < -0.39 is 6.10 Å². The molecule has 0 aliphatic carbocycles. The number of aliphatic hydroxyl groups excluding tert-OH is 1. The Morgan fingerprint density at radius 3 is 2.81 bits per heavy atom. The van der Waals surface area contributed by atoms with Gasteiger partial charge < -0.3 is 25.6 Å². The Balaban J connectivity index is 1.47. The van der Waals surface area contributed by atoms with Crippen molar-refractivity contribution in [3.05, 3.63) is 36.2 Å². The number of amides is 1. The number of benzene rings is 1. The zero-order chi connectivity index (χ0) is 19.0. The van der Waals surface area contributed by atoms with Crippen molar-refractivity contribution in [3.63, 3.8) is 0 Å². The standard InChI is InChI=1S/C18H23N5O4/c1-10(19)18-21-17(11-5-3-2-4-6-11)22-23(18)7-14(25)20-12-8-26-16-13(24)9-27-15(12)16/h2-6,10,12-13,15-16,24H,7-9,19H2,1H3,(H,20,25)/t10-,12+,13+,15+,16+/m0/s1. The minimum absolute atomic E-state index is 0.00680. The van der Waals surface area contributed by atoms with E-state index in [0.29, 0.717) is 18.3 Å². The molecule has 144 valence electrons. The lowest BCUT2D eigenvalue weighted by atomic mass is 10.1. The molecule has 1 amide bonds. The zero-order valence-corrected chi connectivity index (χ0v) is 15.0. The van der Waals surface area contributed by atoms with Crippen LogP contribution < -0.4 is 11.1 Å². The van der Waals surface area contributed by atoms with Crippen molar-refractivity contribution >= 4 is 5.91 Å². The van der Waals surface area contributed by atoms with Gasteiger partial charge in [-0.05, 0) is 6.92 Å². The fourth-order valence-corrected chi connectivity index (χ4v) is 3.51. The zero-order valence-electron chi connectivity index (χ0n) is 15.0. The summed E-state index contributed by atoms with van der Waals surface area (Å²) in [6.45, 7) is 2.33. The summed E-state index contributed by atoms with van der Waals surface area (Å²) in [5, 5.41) is 17.2. The number of nitrogens with two attached hydrogens (primary N) is 1. The third-order valence-electron chi connectivity index (χ3n) is 4.81. The Morgan fingerprint density at radius 2 is 2.07 bits per heavy atom. The lowest BCUT2D eigenvalue weighted by molar-refractivity contribution is -0.123. The molecule has 4 N–H and O–H groups in total. The number of ether oxygens (including phenoxy) is 2. The Bertz CT molecular complexity index is 809. The van der Waals surface area contributed by atoms with E-state index in [1.807, 2.05) is 30.3 Å². The van der Waals surface area contributed by atoms with Crippen LogP contribution in [0.15, 0.2) is 30.3 Å². The van der Waals surface area contributed by atoms with E-state index in [4.69, 9.17) is 15.2 Å². The maximum absolute atomic E-state index is 12.5. The molecule has 9 nitrogen and oxygen atoms in total. The van der Waals surface area contributed by atoms with Gasteiger partial charge >= 0.3 is 0 Å². The third-order valence-corrected chi connectivity index (χ3v) is 4.81. The van der Waals surface area contributed by atoms with Crippen LogP contribution >= 0.6 is 0 Å². The van der Waals surface area contributed by atoms with Crippen LogP contribution in [0, 0.1) is 0 Å². The number of nitrogens with zero attached hydrogens (tertiary/aromatic N) is 3. The van der Waals surface area contributed by atoms with E-state index in [0.717, 1.165) is 5.56 Å². The highest BCUT2D eigenvalue weighted by molar-refractivity contribution is 5.76. The molecule has 0 unspecified atom stereocenters. The van der Waals surface area contributed by atoms with E-state index in [-0.39, 0.29) is 43.4 Å². The van der Waals surface area contributed by atoms with Gasteiger partial charge in [0, 0.05) is 5.56 Å². The van der Waals surface area contributed by atoms with Crippen molar-refractivity contribution in [2.24, 2.45) is 5.73 Å². The summed E-state index contributed by atoms with van der Waals surface area (Å²) in [6.07, 6.45) is -1.36. The molecule has 3 heterocycles. The molecule has 2 fully saturated rings. The Labute approximate surface area is 156 Å². The summed E-state index contributed by atoms with van der Waals surface area (Å²) >= 11 is 0. The first-order valence-corrected chi connectivity index (χ1v) is 8.99. The number of rotatable bonds is 5. The van der Waals surface area contributed by atoms with Crippen LogP contribution in [-0.4, -0.2) is 63.3 Å². The molecule has 0 spiro atoms. The molecule has 2 aromatic rings. The summed E-state index contributed by atoms with van der Waals surface area (Å²) in [6, 6.07) is 8.87. The fourth-order valence-electron chi connectivity index (χ4n) is 3.51. The molecule has 1 aromatic carbocycles. The smallest absolute Gasteiger partial charge is 0.242 e. The molecule has 0 bridgehead atoms. The summed E-state index contributed by atoms with van der Waals surface area (Å²) in [7, 11) is 0. The van der Waals surface area contributed by atoms with Gasteiger partial charge in [0.05, 0.1) is 25.3 Å². The molecule has 0 radical (unpaired) electrons. The third kappa shape index (κ3) is 3.59. The summed E-state index contributed by atoms with van der Waals surface area (Å²) in [4.78, 5) is 17.0. The molecule has 2 saturated heterocycles. The first-order valence-electron chi connectivity index (χ1n) is 8.99. The molecule has 27 heavy (non-hydrogen) atoms. The lowest BCUT2D eigenvalue weighted by Gasteiger charge is -2.17. The van der Waals surface area contributed by atoms with Crippen LogP contribution in [0.2, 0.25) is 0 Å². The number of hydrogen-bond donors (Lipinski definition) is 3. The van der Waals surface area contributed by atoms with Gasteiger partial charge in [0.2, 0.25) is 5.91 Å².